The van der Waals surface area contributed by atoms with Gasteiger partial charge in [0.1, 0.15) is 0 Å². The van der Waals surface area contributed by atoms with Gasteiger partial charge in [0.15, 0.2) is 0 Å². The molecule has 0 radical (unpaired) electrons. The van der Waals surface area contributed by atoms with E-state index in [0.717, 1.165) is 0 Å². The number of ether oxygens (including phenoxy) is 1. The molecule has 1 N–H and O–H groups in total. The normalized spacial score (nSPS) is 11.3. The highest BCUT2D eigenvalue weighted by Crippen LogP contribution is 2.14. The van der Waals surface area contributed by atoms with Gasteiger partial charge in [0.05, 0.1) is 18.0 Å². The molecule has 25 heavy (non-hydrogen) atoms. The number of amides is 2. The number of methoxy groups -OCH3 is 1. The van der Waals surface area contributed by atoms with E-state index in [1.165, 1.54) is 43.2 Å². The number of non-ortho nitro benzene ring substituents is 1. The van der Waals surface area contributed by atoms with Gasteiger partial charge in [-0.25, -0.2) is 0 Å². The lowest BCUT2D eigenvalue weighted by atomic mass is 10.1. The molecule has 0 aliphatic rings. The summed E-state index contributed by atoms with van der Waals surface area (Å²) in [7, 11) is 1.26. The van der Waals surface area contributed by atoms with Crippen LogP contribution in [0.5, 0.6) is 0 Å². The zero-order valence-corrected chi connectivity index (χ0v) is 14.4. The Labute approximate surface area is 145 Å². The van der Waals surface area contributed by atoms with E-state index < -0.39 is 22.7 Å². The molecular formula is C16H21N3O6. The molecule has 0 aromatic heterocycles. The molecule has 136 valence electrons. The molecule has 2 amide bonds. The van der Waals surface area contributed by atoms with Crippen LogP contribution in [-0.2, 0) is 14.3 Å². The summed E-state index contributed by atoms with van der Waals surface area (Å²) in [6.07, 6.45) is 0. The van der Waals surface area contributed by atoms with E-state index in [0.29, 0.717) is 0 Å². The van der Waals surface area contributed by atoms with Crippen molar-refractivity contribution in [2.45, 2.75) is 13.8 Å². The fraction of sp³-hybridized carbons (Fsp3) is 0.438. The third kappa shape index (κ3) is 6.21. The number of esters is 1. The largest absolute Gasteiger partial charge is 0.469 e. The van der Waals surface area contributed by atoms with Gasteiger partial charge in [-0.1, -0.05) is 6.92 Å². The number of hydrogen-bond donors (Lipinski definition) is 1. The van der Waals surface area contributed by atoms with Gasteiger partial charge in [-0.15, -0.1) is 0 Å². The second-order valence-corrected chi connectivity index (χ2v) is 5.46. The first-order valence-corrected chi connectivity index (χ1v) is 7.62. The third-order valence-corrected chi connectivity index (χ3v) is 3.47. The highest BCUT2D eigenvalue weighted by atomic mass is 16.6. The summed E-state index contributed by atoms with van der Waals surface area (Å²) in [6, 6.07) is 5.19. The van der Waals surface area contributed by atoms with Crippen molar-refractivity contribution < 1.29 is 24.0 Å². The standard InChI is InChI=1S/C16H21N3O6/c1-11(16(22)25-3)10-18(9-8-17-12(2)20)15(21)13-4-6-14(7-5-13)19(23)24/h4-7,11H,8-10H2,1-3H3,(H,17,20). The Morgan fingerprint density at radius 1 is 1.28 bits per heavy atom. The Hall–Kier alpha value is -2.97. The number of benzene rings is 1. The van der Waals surface area contributed by atoms with Crippen molar-refractivity contribution in [3.05, 3.63) is 39.9 Å². The number of carbonyl (C=O) groups is 3. The van der Waals surface area contributed by atoms with Gasteiger partial charge < -0.3 is 15.0 Å². The van der Waals surface area contributed by atoms with Crippen molar-refractivity contribution in [2.24, 2.45) is 5.92 Å². The van der Waals surface area contributed by atoms with Gasteiger partial charge in [0, 0.05) is 44.3 Å². The highest BCUT2D eigenvalue weighted by molar-refractivity contribution is 5.94. The molecule has 0 aliphatic heterocycles. The fourth-order valence-electron chi connectivity index (χ4n) is 2.16. The molecule has 0 aliphatic carbocycles. The van der Waals surface area contributed by atoms with Gasteiger partial charge in [-0.05, 0) is 12.1 Å². The molecule has 1 aromatic rings. The van der Waals surface area contributed by atoms with Crippen LogP contribution < -0.4 is 5.32 Å². The Morgan fingerprint density at radius 3 is 2.36 bits per heavy atom. The van der Waals surface area contributed by atoms with Crippen LogP contribution in [0.15, 0.2) is 24.3 Å². The summed E-state index contributed by atoms with van der Waals surface area (Å²) < 4.78 is 4.66. The Morgan fingerprint density at radius 2 is 1.88 bits per heavy atom. The Balaban J connectivity index is 2.91. The van der Waals surface area contributed by atoms with Crippen LogP contribution in [0.2, 0.25) is 0 Å². The first-order valence-electron chi connectivity index (χ1n) is 7.62. The van der Waals surface area contributed by atoms with E-state index in [2.05, 4.69) is 10.1 Å². The van der Waals surface area contributed by atoms with Crippen LogP contribution in [-0.4, -0.2) is 54.4 Å². The lowest BCUT2D eigenvalue weighted by Gasteiger charge is -2.25. The molecule has 0 heterocycles. The molecule has 0 saturated carbocycles. The maximum atomic E-state index is 12.6. The molecular weight excluding hydrogens is 330 g/mol. The zero-order valence-electron chi connectivity index (χ0n) is 14.4. The molecule has 0 spiro atoms. The zero-order chi connectivity index (χ0) is 19.0. The van der Waals surface area contributed by atoms with Crippen molar-refractivity contribution in [1.29, 1.82) is 0 Å². The van der Waals surface area contributed by atoms with Crippen LogP contribution in [0, 0.1) is 16.0 Å². The number of nitro groups is 1. The van der Waals surface area contributed by atoms with Gasteiger partial charge in [-0.3, -0.25) is 24.5 Å². The van der Waals surface area contributed by atoms with Crippen molar-refractivity contribution in [3.8, 4) is 0 Å². The molecule has 0 fully saturated rings. The molecule has 0 bridgehead atoms. The number of nitrogens with zero attached hydrogens (tertiary/aromatic N) is 2. The second-order valence-electron chi connectivity index (χ2n) is 5.46. The SMILES string of the molecule is COC(=O)C(C)CN(CCNC(C)=O)C(=O)c1ccc([N+](=O)[O-])cc1. The van der Waals surface area contributed by atoms with Gasteiger partial charge in [0.25, 0.3) is 11.6 Å². The van der Waals surface area contributed by atoms with Crippen molar-refractivity contribution in [3.63, 3.8) is 0 Å². The van der Waals surface area contributed by atoms with E-state index in [-0.39, 0.29) is 36.8 Å². The van der Waals surface area contributed by atoms with Gasteiger partial charge >= 0.3 is 5.97 Å². The summed E-state index contributed by atoms with van der Waals surface area (Å²) in [5.41, 5.74) is 0.134. The minimum absolute atomic E-state index is 0.0993. The van der Waals surface area contributed by atoms with E-state index in [4.69, 9.17) is 0 Å². The molecule has 1 atom stereocenters. The average molecular weight is 351 g/mol. The quantitative estimate of drug-likeness (QED) is 0.424. The highest BCUT2D eigenvalue weighted by Gasteiger charge is 2.23. The first-order chi connectivity index (χ1) is 11.8. The molecule has 1 aromatic carbocycles. The predicted octanol–water partition coefficient (Wildman–Crippen LogP) is 0.982. The molecule has 9 heteroatoms. The van der Waals surface area contributed by atoms with Gasteiger partial charge in [-0.2, -0.15) is 0 Å². The van der Waals surface area contributed by atoms with Crippen molar-refractivity contribution in [2.75, 3.05) is 26.7 Å². The lowest BCUT2D eigenvalue weighted by Crippen LogP contribution is -2.41. The number of nitrogens with one attached hydrogen (secondary N) is 1. The molecule has 9 nitrogen and oxygen atoms in total. The predicted molar refractivity (Wildman–Crippen MR) is 88.9 cm³/mol. The van der Waals surface area contributed by atoms with E-state index in [1.807, 2.05) is 0 Å². The summed E-state index contributed by atoms with van der Waals surface area (Å²) in [5, 5.41) is 13.3. The van der Waals surface area contributed by atoms with E-state index >= 15 is 0 Å². The molecule has 0 saturated heterocycles. The van der Waals surface area contributed by atoms with E-state index in [9.17, 15) is 24.5 Å². The van der Waals surface area contributed by atoms with E-state index in [1.54, 1.807) is 6.92 Å². The van der Waals surface area contributed by atoms with Crippen LogP contribution in [0.4, 0.5) is 5.69 Å². The van der Waals surface area contributed by atoms with Crippen LogP contribution in [0.1, 0.15) is 24.2 Å². The summed E-state index contributed by atoms with van der Waals surface area (Å²) in [6.45, 7) is 3.50. The molecule has 1 unspecified atom stereocenters. The van der Waals surface area contributed by atoms with Crippen LogP contribution in [0.3, 0.4) is 0 Å². The monoisotopic (exact) mass is 351 g/mol. The Kier molecular flexibility index (Phi) is 7.51. The van der Waals surface area contributed by atoms with Crippen molar-refractivity contribution in [1.82, 2.24) is 10.2 Å². The number of carbonyl (C=O) groups excluding carboxylic acids is 3. The summed E-state index contributed by atoms with van der Waals surface area (Å²) in [4.78, 5) is 46.8. The van der Waals surface area contributed by atoms with Crippen molar-refractivity contribution >= 4 is 23.5 Å². The minimum atomic E-state index is -0.553. The third-order valence-electron chi connectivity index (χ3n) is 3.47. The average Bonchev–Trinajstić information content (AvgIpc) is 2.59. The number of hydrogen-bond acceptors (Lipinski definition) is 6. The maximum absolute atomic E-state index is 12.6. The van der Waals surface area contributed by atoms with Gasteiger partial charge in [0.2, 0.25) is 5.91 Å². The first kappa shape index (κ1) is 20.1. The molecule has 1 rings (SSSR count). The number of nitro benzene ring substituents is 1. The van der Waals surface area contributed by atoms with Crippen LogP contribution >= 0.6 is 0 Å². The lowest BCUT2D eigenvalue weighted by molar-refractivity contribution is -0.384. The topological polar surface area (TPSA) is 119 Å². The summed E-state index contributed by atoms with van der Waals surface area (Å²) >= 11 is 0. The smallest absolute Gasteiger partial charge is 0.310 e. The Bertz CT molecular complexity index is 644. The summed E-state index contributed by atoms with van der Waals surface area (Å²) in [5.74, 6) is -1.63. The number of rotatable bonds is 8. The van der Waals surface area contributed by atoms with Crippen LogP contribution in [0.25, 0.3) is 0 Å². The fourth-order valence-corrected chi connectivity index (χ4v) is 2.16. The minimum Gasteiger partial charge on any atom is -0.469 e. The maximum Gasteiger partial charge on any atom is 0.310 e. The second kappa shape index (κ2) is 9.36.